The van der Waals surface area contributed by atoms with Gasteiger partial charge >= 0.3 is 0 Å². The van der Waals surface area contributed by atoms with Crippen LogP contribution in [0.15, 0.2) is 11.6 Å². The zero-order valence-corrected chi connectivity index (χ0v) is 9.84. The van der Waals surface area contributed by atoms with Crippen LogP contribution >= 0.6 is 11.8 Å². The van der Waals surface area contributed by atoms with E-state index < -0.39 is 0 Å². The second kappa shape index (κ2) is 5.06. The van der Waals surface area contributed by atoms with Gasteiger partial charge in [0.25, 0.3) is 0 Å². The Morgan fingerprint density at radius 1 is 1.54 bits per heavy atom. The van der Waals surface area contributed by atoms with Crippen molar-refractivity contribution < 1.29 is 0 Å². The Bertz CT molecular complexity index is 177. The van der Waals surface area contributed by atoms with Crippen molar-refractivity contribution in [1.29, 1.82) is 0 Å². The van der Waals surface area contributed by atoms with E-state index >= 15 is 0 Å². The van der Waals surface area contributed by atoms with Crippen molar-refractivity contribution >= 4 is 11.8 Å². The summed E-state index contributed by atoms with van der Waals surface area (Å²) in [5.74, 6) is 1.35. The van der Waals surface area contributed by atoms with Crippen LogP contribution in [0.1, 0.15) is 33.6 Å². The second-order valence-corrected chi connectivity index (χ2v) is 6.00. The Kier molecular flexibility index (Phi) is 4.33. The summed E-state index contributed by atoms with van der Waals surface area (Å²) in [6.07, 6.45) is 5.02. The topological polar surface area (TPSA) is 12.0 Å². The average Bonchev–Trinajstić information content (AvgIpc) is 2.47. The van der Waals surface area contributed by atoms with Gasteiger partial charge in [-0.05, 0) is 39.4 Å². The maximum absolute atomic E-state index is 3.50. The molecular weight excluding hydrogens is 178 g/mol. The summed E-state index contributed by atoms with van der Waals surface area (Å²) in [6, 6.07) is 0. The van der Waals surface area contributed by atoms with E-state index in [0.29, 0.717) is 4.75 Å². The molecule has 1 heterocycles. The number of thioether (sulfide) groups is 1. The van der Waals surface area contributed by atoms with Crippen LogP contribution in [-0.4, -0.2) is 23.6 Å². The fourth-order valence-corrected chi connectivity index (χ4v) is 2.86. The van der Waals surface area contributed by atoms with Gasteiger partial charge in [0.2, 0.25) is 0 Å². The molecule has 2 heteroatoms. The number of allylic oxidation sites excluding steroid dienone is 1. The quantitative estimate of drug-likeness (QED) is 0.552. The zero-order chi connectivity index (χ0) is 9.73. The third-order valence-corrected chi connectivity index (χ3v) is 3.99. The van der Waals surface area contributed by atoms with Crippen LogP contribution in [-0.2, 0) is 0 Å². The predicted octanol–water partition coefficient (Wildman–Crippen LogP) is 2.83. The predicted molar refractivity (Wildman–Crippen MR) is 62.4 cm³/mol. The van der Waals surface area contributed by atoms with E-state index in [0.717, 1.165) is 13.1 Å². The van der Waals surface area contributed by atoms with Crippen LogP contribution in [0.25, 0.3) is 0 Å². The van der Waals surface area contributed by atoms with E-state index in [4.69, 9.17) is 0 Å². The average molecular weight is 199 g/mol. The summed E-state index contributed by atoms with van der Waals surface area (Å²) >= 11 is 2.12. The van der Waals surface area contributed by atoms with Gasteiger partial charge in [-0.2, -0.15) is 11.8 Å². The normalized spacial score (nSPS) is 27.6. The molecule has 0 amide bonds. The molecule has 1 atom stereocenters. The first-order chi connectivity index (χ1) is 6.12. The summed E-state index contributed by atoms with van der Waals surface area (Å²) < 4.78 is 0.509. The molecule has 1 aliphatic rings. The van der Waals surface area contributed by atoms with Crippen LogP contribution in [0.5, 0.6) is 0 Å². The fourth-order valence-electron chi connectivity index (χ4n) is 1.59. The van der Waals surface area contributed by atoms with Gasteiger partial charge in [0.15, 0.2) is 0 Å². The molecule has 0 saturated carbocycles. The van der Waals surface area contributed by atoms with Gasteiger partial charge in [0, 0.05) is 17.8 Å². The Morgan fingerprint density at radius 2 is 2.31 bits per heavy atom. The molecule has 13 heavy (non-hydrogen) atoms. The highest BCUT2D eigenvalue weighted by Crippen LogP contribution is 2.36. The molecule has 0 aliphatic carbocycles. The molecule has 0 aromatic heterocycles. The van der Waals surface area contributed by atoms with Gasteiger partial charge in [-0.15, -0.1) is 0 Å². The van der Waals surface area contributed by atoms with Crippen molar-refractivity contribution in [3.8, 4) is 0 Å². The molecule has 0 spiro atoms. The highest BCUT2D eigenvalue weighted by Gasteiger charge is 2.28. The highest BCUT2D eigenvalue weighted by atomic mass is 32.2. The van der Waals surface area contributed by atoms with Crippen molar-refractivity contribution in [3.05, 3.63) is 11.6 Å². The van der Waals surface area contributed by atoms with Crippen LogP contribution in [0.3, 0.4) is 0 Å². The number of nitrogens with one attached hydrogen (secondary N) is 1. The van der Waals surface area contributed by atoms with E-state index in [9.17, 15) is 0 Å². The smallest absolute Gasteiger partial charge is 0.0256 e. The SMILES string of the molecule is CC(C)=CCNCC1(C)CCCS1. The first kappa shape index (κ1) is 11.1. The Hall–Kier alpha value is 0.0500. The lowest BCUT2D eigenvalue weighted by atomic mass is 10.1. The summed E-state index contributed by atoms with van der Waals surface area (Å²) in [4.78, 5) is 0. The van der Waals surface area contributed by atoms with Crippen LogP contribution in [0.2, 0.25) is 0 Å². The van der Waals surface area contributed by atoms with Gasteiger partial charge in [-0.25, -0.2) is 0 Å². The maximum Gasteiger partial charge on any atom is 0.0256 e. The minimum Gasteiger partial charge on any atom is -0.312 e. The van der Waals surface area contributed by atoms with Crippen molar-refractivity contribution in [1.82, 2.24) is 5.32 Å². The number of hydrogen-bond acceptors (Lipinski definition) is 2. The molecule has 0 radical (unpaired) electrons. The highest BCUT2D eigenvalue weighted by molar-refractivity contribution is 8.00. The van der Waals surface area contributed by atoms with Crippen LogP contribution in [0.4, 0.5) is 0 Å². The molecule has 0 aromatic rings. The molecule has 76 valence electrons. The van der Waals surface area contributed by atoms with Crippen LogP contribution < -0.4 is 5.32 Å². The van der Waals surface area contributed by atoms with Gasteiger partial charge in [-0.3, -0.25) is 0 Å². The van der Waals surface area contributed by atoms with Gasteiger partial charge in [-0.1, -0.05) is 11.6 Å². The lowest BCUT2D eigenvalue weighted by Gasteiger charge is -2.22. The Morgan fingerprint density at radius 3 is 2.85 bits per heavy atom. The second-order valence-electron chi connectivity index (χ2n) is 4.31. The molecule has 1 rings (SSSR count). The van der Waals surface area contributed by atoms with Crippen molar-refractivity contribution in [2.24, 2.45) is 0 Å². The molecule has 1 saturated heterocycles. The molecule has 0 bridgehead atoms. The Balaban J connectivity index is 2.15. The third-order valence-electron chi connectivity index (χ3n) is 2.45. The Labute approximate surface area is 86.4 Å². The molecule has 1 fully saturated rings. The van der Waals surface area contributed by atoms with Gasteiger partial charge in [0.05, 0.1) is 0 Å². The summed E-state index contributed by atoms with van der Waals surface area (Å²) in [7, 11) is 0. The zero-order valence-electron chi connectivity index (χ0n) is 9.02. The van der Waals surface area contributed by atoms with Crippen LogP contribution in [0, 0.1) is 0 Å². The maximum atomic E-state index is 3.50. The molecule has 1 N–H and O–H groups in total. The van der Waals surface area contributed by atoms with Crippen molar-refractivity contribution in [2.75, 3.05) is 18.8 Å². The van der Waals surface area contributed by atoms with E-state index in [1.165, 1.54) is 24.2 Å². The molecule has 1 nitrogen and oxygen atoms in total. The van der Waals surface area contributed by atoms with Crippen molar-refractivity contribution in [3.63, 3.8) is 0 Å². The van der Waals surface area contributed by atoms with E-state index in [1.807, 2.05) is 0 Å². The number of rotatable bonds is 4. The molecule has 1 aliphatic heterocycles. The fraction of sp³-hybridized carbons (Fsp3) is 0.818. The lowest BCUT2D eigenvalue weighted by Crippen LogP contribution is -2.32. The minimum atomic E-state index is 0.509. The minimum absolute atomic E-state index is 0.509. The van der Waals surface area contributed by atoms with E-state index in [1.54, 1.807) is 0 Å². The van der Waals surface area contributed by atoms with E-state index in [-0.39, 0.29) is 0 Å². The van der Waals surface area contributed by atoms with Gasteiger partial charge in [0.1, 0.15) is 0 Å². The lowest BCUT2D eigenvalue weighted by molar-refractivity contribution is 0.556. The molecule has 0 aromatic carbocycles. The van der Waals surface area contributed by atoms with Crippen molar-refractivity contribution in [2.45, 2.75) is 38.4 Å². The first-order valence-electron chi connectivity index (χ1n) is 5.10. The first-order valence-corrected chi connectivity index (χ1v) is 6.09. The standard InChI is InChI=1S/C11H21NS/c1-10(2)5-7-12-9-11(3)6-4-8-13-11/h5,12H,4,6-9H2,1-3H3. The largest absolute Gasteiger partial charge is 0.312 e. The summed E-state index contributed by atoms with van der Waals surface area (Å²) in [5, 5.41) is 3.50. The molecular formula is C11H21NS. The van der Waals surface area contributed by atoms with Gasteiger partial charge < -0.3 is 5.32 Å². The summed E-state index contributed by atoms with van der Waals surface area (Å²) in [5.41, 5.74) is 1.40. The van der Waals surface area contributed by atoms with E-state index in [2.05, 4.69) is 43.9 Å². The monoisotopic (exact) mass is 199 g/mol. The number of hydrogen-bond donors (Lipinski definition) is 1. The molecule has 1 unspecified atom stereocenters. The third kappa shape index (κ3) is 4.19. The summed E-state index contributed by atoms with van der Waals surface area (Å²) in [6.45, 7) is 8.85.